The first-order valence-corrected chi connectivity index (χ1v) is 8.44. The Balaban J connectivity index is 2.06. The first kappa shape index (κ1) is 19.8. The van der Waals surface area contributed by atoms with Crippen LogP contribution in [0.2, 0.25) is 0 Å². The Bertz CT molecular complexity index is 504. The zero-order valence-electron chi connectivity index (χ0n) is 14.7. The van der Waals surface area contributed by atoms with Gasteiger partial charge in [0.15, 0.2) is 0 Å². The largest absolute Gasteiger partial charge is 0.471 e. The molecule has 144 valence electrons. The molecule has 1 aliphatic heterocycles. The Hall–Kier alpha value is -1.51. The highest BCUT2D eigenvalue weighted by Crippen LogP contribution is 2.31. The maximum atomic E-state index is 12.6. The minimum atomic E-state index is -4.91. The number of amides is 2. The van der Waals surface area contributed by atoms with Crippen LogP contribution in [0.4, 0.5) is 18.0 Å². The van der Waals surface area contributed by atoms with Crippen molar-refractivity contribution in [1.82, 2.24) is 9.80 Å². The lowest BCUT2D eigenvalue weighted by Gasteiger charge is -2.49. The summed E-state index contributed by atoms with van der Waals surface area (Å²) in [4.78, 5) is 26.0. The standard InChI is InChI=1S/C16H25F3N2O4/c1-15(2,3)25-14(24)21(10-4-6-12(22)7-5-10)11-8-20(9-11)13(23)16(17,18)19/h10-12,22H,4-9H2,1-3H3. The number of ether oxygens (including phenoxy) is 1. The maximum Gasteiger partial charge on any atom is 0.471 e. The van der Waals surface area contributed by atoms with Crippen LogP contribution < -0.4 is 0 Å². The molecule has 0 aromatic rings. The second kappa shape index (κ2) is 7.01. The van der Waals surface area contributed by atoms with Crippen LogP contribution in [0.15, 0.2) is 0 Å². The minimum Gasteiger partial charge on any atom is -0.444 e. The van der Waals surface area contributed by atoms with E-state index in [-0.39, 0.29) is 19.1 Å². The maximum absolute atomic E-state index is 12.6. The smallest absolute Gasteiger partial charge is 0.444 e. The van der Waals surface area contributed by atoms with Crippen LogP contribution in [0.25, 0.3) is 0 Å². The average Bonchev–Trinajstić information content (AvgIpc) is 2.40. The van der Waals surface area contributed by atoms with E-state index in [0.29, 0.717) is 30.6 Å². The van der Waals surface area contributed by atoms with Crippen molar-refractivity contribution in [3.63, 3.8) is 0 Å². The lowest BCUT2D eigenvalue weighted by molar-refractivity contribution is -0.192. The molecule has 0 radical (unpaired) electrons. The molecule has 0 aromatic carbocycles. The van der Waals surface area contributed by atoms with Gasteiger partial charge in [-0.2, -0.15) is 13.2 Å². The van der Waals surface area contributed by atoms with Gasteiger partial charge < -0.3 is 14.7 Å². The molecule has 2 amide bonds. The number of hydrogen-bond donors (Lipinski definition) is 1. The molecule has 9 heteroatoms. The molecule has 25 heavy (non-hydrogen) atoms. The van der Waals surface area contributed by atoms with Crippen LogP contribution in [0, 0.1) is 0 Å². The fourth-order valence-electron chi connectivity index (χ4n) is 3.22. The van der Waals surface area contributed by atoms with E-state index in [1.807, 2.05) is 0 Å². The van der Waals surface area contributed by atoms with Crippen LogP contribution >= 0.6 is 0 Å². The molecule has 1 saturated heterocycles. The van der Waals surface area contributed by atoms with Crippen molar-refractivity contribution in [2.45, 2.75) is 76.4 Å². The molecule has 1 aliphatic carbocycles. The number of hydrogen-bond acceptors (Lipinski definition) is 4. The third-order valence-electron chi connectivity index (χ3n) is 4.45. The first-order valence-electron chi connectivity index (χ1n) is 8.44. The van der Waals surface area contributed by atoms with Gasteiger partial charge in [0, 0.05) is 19.1 Å². The lowest BCUT2D eigenvalue weighted by Crippen LogP contribution is -2.66. The number of aliphatic hydroxyl groups is 1. The van der Waals surface area contributed by atoms with E-state index >= 15 is 0 Å². The highest BCUT2D eigenvalue weighted by Gasteiger charge is 2.50. The van der Waals surface area contributed by atoms with Gasteiger partial charge in [0.05, 0.1) is 12.1 Å². The number of nitrogens with zero attached hydrogens (tertiary/aromatic N) is 2. The van der Waals surface area contributed by atoms with Gasteiger partial charge in [-0.25, -0.2) is 4.79 Å². The van der Waals surface area contributed by atoms with Crippen LogP contribution in [0.5, 0.6) is 0 Å². The van der Waals surface area contributed by atoms with E-state index in [0.717, 1.165) is 0 Å². The Kier molecular flexibility index (Phi) is 5.56. The van der Waals surface area contributed by atoms with Crippen LogP contribution in [-0.2, 0) is 9.53 Å². The topological polar surface area (TPSA) is 70.1 Å². The number of carbonyl (C=O) groups is 2. The van der Waals surface area contributed by atoms with E-state index in [9.17, 15) is 27.9 Å². The number of aliphatic hydroxyl groups excluding tert-OH is 1. The van der Waals surface area contributed by atoms with Crippen LogP contribution in [0.1, 0.15) is 46.5 Å². The highest BCUT2D eigenvalue weighted by molar-refractivity contribution is 5.83. The molecule has 0 aromatic heterocycles. The summed E-state index contributed by atoms with van der Waals surface area (Å²) in [6.45, 7) is 4.84. The van der Waals surface area contributed by atoms with Crippen LogP contribution in [0.3, 0.4) is 0 Å². The predicted octanol–water partition coefficient (Wildman–Crippen LogP) is 2.30. The monoisotopic (exact) mass is 366 g/mol. The van der Waals surface area contributed by atoms with Crippen molar-refractivity contribution in [3.8, 4) is 0 Å². The quantitative estimate of drug-likeness (QED) is 0.814. The molecule has 0 bridgehead atoms. The van der Waals surface area contributed by atoms with E-state index < -0.39 is 35.9 Å². The first-order chi connectivity index (χ1) is 11.4. The van der Waals surface area contributed by atoms with Crippen molar-refractivity contribution in [2.75, 3.05) is 13.1 Å². The summed E-state index contributed by atoms with van der Waals surface area (Å²) in [5, 5.41) is 9.64. The second-order valence-electron chi connectivity index (χ2n) is 7.71. The normalized spacial score (nSPS) is 25.3. The molecule has 1 saturated carbocycles. The van der Waals surface area contributed by atoms with Crippen molar-refractivity contribution < 1.29 is 32.6 Å². The van der Waals surface area contributed by atoms with Gasteiger partial charge in [0.2, 0.25) is 0 Å². The van der Waals surface area contributed by atoms with Crippen molar-refractivity contribution >= 4 is 12.0 Å². The van der Waals surface area contributed by atoms with Crippen molar-refractivity contribution in [1.29, 1.82) is 0 Å². The summed E-state index contributed by atoms with van der Waals surface area (Å²) in [6.07, 6.45) is -3.73. The highest BCUT2D eigenvalue weighted by atomic mass is 19.4. The minimum absolute atomic E-state index is 0.156. The Labute approximate surface area is 144 Å². The summed E-state index contributed by atoms with van der Waals surface area (Å²) in [5.74, 6) is -1.88. The average molecular weight is 366 g/mol. The summed E-state index contributed by atoms with van der Waals surface area (Å²) >= 11 is 0. The number of alkyl halides is 3. The zero-order valence-corrected chi connectivity index (χ0v) is 14.7. The number of rotatable bonds is 2. The molecule has 6 nitrogen and oxygen atoms in total. The summed E-state index contributed by atoms with van der Waals surface area (Å²) in [7, 11) is 0. The van der Waals surface area contributed by atoms with Gasteiger partial charge in [-0.1, -0.05) is 0 Å². The fourth-order valence-corrected chi connectivity index (χ4v) is 3.22. The van der Waals surface area contributed by atoms with Gasteiger partial charge in [0.25, 0.3) is 0 Å². The molecule has 2 rings (SSSR count). The van der Waals surface area contributed by atoms with Crippen LogP contribution in [-0.4, -0.2) is 70.0 Å². The summed E-state index contributed by atoms with van der Waals surface area (Å²) < 4.78 is 42.9. The van der Waals surface area contributed by atoms with E-state index in [1.54, 1.807) is 20.8 Å². The van der Waals surface area contributed by atoms with Crippen molar-refractivity contribution in [2.24, 2.45) is 0 Å². The third-order valence-corrected chi connectivity index (χ3v) is 4.45. The summed E-state index contributed by atoms with van der Waals surface area (Å²) in [6, 6.07) is -0.701. The Morgan fingerprint density at radius 2 is 1.56 bits per heavy atom. The molecule has 2 fully saturated rings. The molecule has 0 unspecified atom stereocenters. The Morgan fingerprint density at radius 1 is 1.04 bits per heavy atom. The lowest BCUT2D eigenvalue weighted by atomic mass is 9.90. The fraction of sp³-hybridized carbons (Fsp3) is 0.875. The van der Waals surface area contributed by atoms with E-state index in [1.165, 1.54) is 4.90 Å². The predicted molar refractivity (Wildman–Crippen MR) is 82.8 cm³/mol. The Morgan fingerprint density at radius 3 is 2.00 bits per heavy atom. The third kappa shape index (κ3) is 4.99. The molecule has 1 heterocycles. The number of likely N-dealkylation sites (tertiary alicyclic amines) is 1. The van der Waals surface area contributed by atoms with E-state index in [2.05, 4.69) is 0 Å². The van der Waals surface area contributed by atoms with Gasteiger partial charge in [-0.05, 0) is 46.5 Å². The summed E-state index contributed by atoms with van der Waals surface area (Å²) in [5.41, 5.74) is -0.727. The SMILES string of the molecule is CC(C)(C)OC(=O)N(C1CCC(O)CC1)C1CN(C(=O)C(F)(F)F)C1. The number of halogens is 3. The van der Waals surface area contributed by atoms with Crippen molar-refractivity contribution in [3.05, 3.63) is 0 Å². The number of carbonyl (C=O) groups excluding carboxylic acids is 2. The molecular formula is C16H25F3N2O4. The van der Waals surface area contributed by atoms with Gasteiger partial charge in [-0.3, -0.25) is 9.69 Å². The molecule has 2 aliphatic rings. The molecule has 1 N–H and O–H groups in total. The van der Waals surface area contributed by atoms with E-state index in [4.69, 9.17) is 4.74 Å². The van der Waals surface area contributed by atoms with Gasteiger partial charge >= 0.3 is 18.2 Å². The van der Waals surface area contributed by atoms with Gasteiger partial charge in [0.1, 0.15) is 5.60 Å². The second-order valence-corrected chi connectivity index (χ2v) is 7.71. The molecule has 0 atom stereocenters. The van der Waals surface area contributed by atoms with Gasteiger partial charge in [-0.15, -0.1) is 0 Å². The zero-order chi connectivity index (χ0) is 19.0. The molecule has 0 spiro atoms. The molecular weight excluding hydrogens is 341 g/mol.